The summed E-state index contributed by atoms with van der Waals surface area (Å²) in [7, 11) is 0. The minimum absolute atomic E-state index is 0.0658. The van der Waals surface area contributed by atoms with Crippen LogP contribution in [0.5, 0.6) is 0 Å². The van der Waals surface area contributed by atoms with Crippen LogP contribution in [0.2, 0.25) is 0 Å². The number of hydrogen-bond acceptors (Lipinski definition) is 4. The van der Waals surface area contributed by atoms with E-state index in [0.717, 1.165) is 0 Å². The Bertz CT molecular complexity index is 868. The van der Waals surface area contributed by atoms with E-state index in [0.29, 0.717) is 0 Å². The Hall–Kier alpha value is -3.35. The number of nitrogens with one attached hydrogen (secondary N) is 2. The fourth-order valence-electron chi connectivity index (χ4n) is 1.95. The average Bonchev–Trinajstić information content (AvgIpc) is 2.59. The number of carbonyl (C=O) groups is 1. The molecule has 3 aromatic rings. The van der Waals surface area contributed by atoms with Crippen LogP contribution in [0.15, 0.2) is 60.9 Å². The Labute approximate surface area is 136 Å². The Kier molecular flexibility index (Phi) is 4.42. The molecule has 0 atom stereocenters. The summed E-state index contributed by atoms with van der Waals surface area (Å²) in [5, 5.41) is 5.14. The van der Waals surface area contributed by atoms with Crippen LogP contribution < -0.4 is 10.6 Å². The van der Waals surface area contributed by atoms with Gasteiger partial charge in [-0.2, -0.15) is 0 Å². The molecule has 0 spiro atoms. The van der Waals surface area contributed by atoms with Crippen molar-refractivity contribution in [1.29, 1.82) is 0 Å². The van der Waals surface area contributed by atoms with Gasteiger partial charge in [-0.05, 0) is 24.3 Å². The second-order valence-corrected chi connectivity index (χ2v) is 4.83. The summed E-state index contributed by atoms with van der Waals surface area (Å²) < 4.78 is 27.1. The number of anilines is 3. The van der Waals surface area contributed by atoms with E-state index >= 15 is 0 Å². The molecule has 0 aliphatic carbocycles. The first-order valence-corrected chi connectivity index (χ1v) is 7.03. The number of halogens is 2. The number of rotatable bonds is 4. The third-order valence-corrected chi connectivity index (χ3v) is 3.16. The third kappa shape index (κ3) is 3.52. The van der Waals surface area contributed by atoms with E-state index in [2.05, 4.69) is 20.6 Å². The summed E-state index contributed by atoms with van der Waals surface area (Å²) in [5.74, 6) is -1.38. The van der Waals surface area contributed by atoms with Crippen LogP contribution in [0.1, 0.15) is 10.4 Å². The average molecular weight is 326 g/mol. The normalized spacial score (nSPS) is 10.2. The van der Waals surface area contributed by atoms with Crippen LogP contribution in [0, 0.1) is 11.6 Å². The predicted molar refractivity (Wildman–Crippen MR) is 86.1 cm³/mol. The van der Waals surface area contributed by atoms with Crippen LogP contribution in [0.4, 0.5) is 26.1 Å². The summed E-state index contributed by atoms with van der Waals surface area (Å²) in [6.07, 6.45) is 2.54. The van der Waals surface area contributed by atoms with Crippen molar-refractivity contribution in [1.82, 2.24) is 9.97 Å². The number of aromatic nitrogens is 2. The maximum atomic E-state index is 13.5. The maximum absolute atomic E-state index is 13.5. The van der Waals surface area contributed by atoms with Gasteiger partial charge in [-0.15, -0.1) is 0 Å². The molecule has 0 radical (unpaired) electrons. The van der Waals surface area contributed by atoms with Crippen molar-refractivity contribution in [2.24, 2.45) is 0 Å². The SMILES string of the molecule is O=C(Nc1ccccc1F)c1cnc(Nc2ccccc2F)nc1. The van der Waals surface area contributed by atoms with Crippen molar-refractivity contribution >= 4 is 23.2 Å². The Morgan fingerprint density at radius 2 is 1.38 bits per heavy atom. The van der Waals surface area contributed by atoms with Gasteiger partial charge in [-0.1, -0.05) is 24.3 Å². The van der Waals surface area contributed by atoms with E-state index in [-0.39, 0.29) is 22.9 Å². The minimum atomic E-state index is -0.544. The lowest BCUT2D eigenvalue weighted by atomic mass is 10.2. The number of carbonyl (C=O) groups excluding carboxylic acids is 1. The van der Waals surface area contributed by atoms with Gasteiger partial charge in [-0.3, -0.25) is 4.79 Å². The highest BCUT2D eigenvalue weighted by molar-refractivity contribution is 6.03. The molecule has 0 bridgehead atoms. The first-order valence-electron chi connectivity index (χ1n) is 7.03. The number of para-hydroxylation sites is 2. The highest BCUT2D eigenvalue weighted by atomic mass is 19.1. The topological polar surface area (TPSA) is 66.9 Å². The first-order chi connectivity index (χ1) is 11.6. The quantitative estimate of drug-likeness (QED) is 0.766. The van der Waals surface area contributed by atoms with E-state index in [4.69, 9.17) is 0 Å². The number of hydrogen-bond donors (Lipinski definition) is 2. The van der Waals surface area contributed by atoms with Gasteiger partial charge in [0, 0.05) is 12.4 Å². The van der Waals surface area contributed by atoms with Gasteiger partial charge in [0.25, 0.3) is 5.91 Å². The molecule has 2 N–H and O–H groups in total. The zero-order chi connectivity index (χ0) is 16.9. The molecule has 120 valence electrons. The van der Waals surface area contributed by atoms with Crippen LogP contribution >= 0.6 is 0 Å². The van der Waals surface area contributed by atoms with Crippen molar-refractivity contribution in [2.75, 3.05) is 10.6 Å². The lowest BCUT2D eigenvalue weighted by Gasteiger charge is -2.07. The molecule has 1 aromatic heterocycles. The van der Waals surface area contributed by atoms with Crippen molar-refractivity contribution in [3.05, 3.63) is 78.1 Å². The maximum Gasteiger partial charge on any atom is 0.258 e. The summed E-state index contributed by atoms with van der Waals surface area (Å²) in [6.45, 7) is 0. The minimum Gasteiger partial charge on any atom is -0.322 e. The number of benzene rings is 2. The highest BCUT2D eigenvalue weighted by Gasteiger charge is 2.10. The summed E-state index contributed by atoms with van der Waals surface area (Å²) in [6, 6.07) is 11.9. The van der Waals surface area contributed by atoms with Crippen LogP contribution in [0.25, 0.3) is 0 Å². The van der Waals surface area contributed by atoms with E-state index in [1.165, 1.54) is 42.7 Å². The molecular formula is C17H12F2N4O. The van der Waals surface area contributed by atoms with E-state index < -0.39 is 17.5 Å². The summed E-state index contributed by atoms with van der Waals surface area (Å²) in [4.78, 5) is 20.0. The van der Waals surface area contributed by atoms with Crippen molar-refractivity contribution in [2.45, 2.75) is 0 Å². The molecule has 1 amide bonds. The molecule has 7 heteroatoms. The molecule has 0 aliphatic rings. The predicted octanol–water partition coefficient (Wildman–Crippen LogP) is 3.75. The Morgan fingerprint density at radius 1 is 0.833 bits per heavy atom. The van der Waals surface area contributed by atoms with Gasteiger partial charge in [0.2, 0.25) is 5.95 Å². The van der Waals surface area contributed by atoms with Crippen LogP contribution in [-0.4, -0.2) is 15.9 Å². The molecular weight excluding hydrogens is 314 g/mol. The lowest BCUT2D eigenvalue weighted by molar-refractivity contribution is 0.102. The molecule has 2 aromatic carbocycles. The van der Waals surface area contributed by atoms with Gasteiger partial charge in [0.1, 0.15) is 11.6 Å². The monoisotopic (exact) mass is 326 g/mol. The highest BCUT2D eigenvalue weighted by Crippen LogP contribution is 2.17. The van der Waals surface area contributed by atoms with E-state index in [1.807, 2.05) is 0 Å². The number of amides is 1. The molecule has 0 saturated carbocycles. The first kappa shape index (κ1) is 15.5. The molecule has 0 fully saturated rings. The van der Waals surface area contributed by atoms with Crippen molar-refractivity contribution in [3.63, 3.8) is 0 Å². The van der Waals surface area contributed by atoms with Gasteiger partial charge >= 0.3 is 0 Å². The zero-order valence-corrected chi connectivity index (χ0v) is 12.3. The second-order valence-electron chi connectivity index (χ2n) is 4.83. The standard InChI is InChI=1S/C17H12F2N4O/c18-12-5-1-3-7-14(12)22-16(24)11-9-20-17(21-10-11)23-15-8-4-2-6-13(15)19/h1-10H,(H,22,24)(H,20,21,23). The zero-order valence-electron chi connectivity index (χ0n) is 12.3. The Balaban J connectivity index is 1.71. The smallest absolute Gasteiger partial charge is 0.258 e. The third-order valence-electron chi connectivity index (χ3n) is 3.16. The Morgan fingerprint density at radius 3 is 1.96 bits per heavy atom. The van der Waals surface area contributed by atoms with Gasteiger partial charge in [-0.25, -0.2) is 18.7 Å². The molecule has 3 rings (SSSR count). The molecule has 0 unspecified atom stereocenters. The lowest BCUT2D eigenvalue weighted by Crippen LogP contribution is -2.14. The summed E-state index contributed by atoms with van der Waals surface area (Å²) in [5.41, 5.74) is 0.439. The summed E-state index contributed by atoms with van der Waals surface area (Å²) >= 11 is 0. The largest absolute Gasteiger partial charge is 0.322 e. The van der Waals surface area contributed by atoms with Gasteiger partial charge in [0.05, 0.1) is 16.9 Å². The van der Waals surface area contributed by atoms with Crippen LogP contribution in [0.3, 0.4) is 0 Å². The fourth-order valence-corrected chi connectivity index (χ4v) is 1.95. The van der Waals surface area contributed by atoms with Gasteiger partial charge in [0.15, 0.2) is 0 Å². The van der Waals surface area contributed by atoms with E-state index in [1.54, 1.807) is 18.2 Å². The number of nitrogens with zero attached hydrogens (tertiary/aromatic N) is 2. The van der Waals surface area contributed by atoms with E-state index in [9.17, 15) is 13.6 Å². The molecule has 5 nitrogen and oxygen atoms in total. The van der Waals surface area contributed by atoms with Crippen molar-refractivity contribution < 1.29 is 13.6 Å². The van der Waals surface area contributed by atoms with Gasteiger partial charge < -0.3 is 10.6 Å². The molecule has 1 heterocycles. The second kappa shape index (κ2) is 6.82. The van der Waals surface area contributed by atoms with Crippen molar-refractivity contribution in [3.8, 4) is 0 Å². The van der Waals surface area contributed by atoms with Crippen LogP contribution in [-0.2, 0) is 0 Å². The fraction of sp³-hybridized carbons (Fsp3) is 0. The molecule has 0 aliphatic heterocycles. The molecule has 0 saturated heterocycles. The molecule has 24 heavy (non-hydrogen) atoms.